The number of carbonyl (C=O) groups excluding carboxylic acids is 2. The highest BCUT2D eigenvalue weighted by Gasteiger charge is 2.42. The first-order valence-corrected chi connectivity index (χ1v) is 7.88. The van der Waals surface area contributed by atoms with Gasteiger partial charge in [-0.25, -0.2) is 8.78 Å². The van der Waals surface area contributed by atoms with Crippen LogP contribution >= 0.6 is 0 Å². The van der Waals surface area contributed by atoms with Crippen LogP contribution < -0.4 is 0 Å². The van der Waals surface area contributed by atoms with Gasteiger partial charge in [-0.1, -0.05) is 43.3 Å². The number of rotatable bonds is 6. The third-order valence-electron chi connectivity index (χ3n) is 4.16. The number of esters is 1. The Morgan fingerprint density at radius 1 is 1.29 bits per heavy atom. The van der Waals surface area contributed by atoms with Crippen LogP contribution in [-0.2, 0) is 14.3 Å². The lowest BCUT2D eigenvalue weighted by atomic mass is 9.79. The lowest BCUT2D eigenvalue weighted by Gasteiger charge is -2.30. The molecule has 128 valence electrons. The van der Waals surface area contributed by atoms with Crippen molar-refractivity contribution in [3.8, 4) is 0 Å². The maximum absolute atomic E-state index is 15.1. The van der Waals surface area contributed by atoms with Crippen LogP contribution in [0.3, 0.4) is 0 Å². The molecule has 0 heterocycles. The number of carbonyl (C=O) groups is 2. The third-order valence-corrected chi connectivity index (χ3v) is 4.16. The molecule has 5 heteroatoms. The van der Waals surface area contributed by atoms with Gasteiger partial charge in [0.15, 0.2) is 0 Å². The SMILES string of the molecule is CCOC(=O)CC(=O)C(C)C1(F)C=CC(c2ccccc2)=C(F)C1. The molecule has 0 bridgehead atoms. The molecule has 0 aliphatic heterocycles. The average molecular weight is 334 g/mol. The predicted octanol–water partition coefficient (Wildman–Crippen LogP) is 4.19. The fourth-order valence-corrected chi connectivity index (χ4v) is 2.65. The summed E-state index contributed by atoms with van der Waals surface area (Å²) in [6, 6.07) is 8.82. The Hall–Kier alpha value is -2.30. The van der Waals surface area contributed by atoms with Gasteiger partial charge in [-0.05, 0) is 18.6 Å². The lowest BCUT2D eigenvalue weighted by Crippen LogP contribution is -2.37. The molecule has 0 amide bonds. The minimum Gasteiger partial charge on any atom is -0.466 e. The second kappa shape index (κ2) is 7.51. The van der Waals surface area contributed by atoms with Gasteiger partial charge in [0.1, 0.15) is 23.7 Å². The number of allylic oxidation sites excluding steroid dienone is 4. The van der Waals surface area contributed by atoms with Gasteiger partial charge in [-0.3, -0.25) is 9.59 Å². The maximum atomic E-state index is 15.1. The quantitative estimate of drug-likeness (QED) is 0.579. The zero-order chi connectivity index (χ0) is 17.7. The minimum atomic E-state index is -2.15. The molecule has 1 aromatic rings. The van der Waals surface area contributed by atoms with Crippen molar-refractivity contribution < 1.29 is 23.1 Å². The molecule has 2 atom stereocenters. The minimum absolute atomic E-state index is 0.152. The molecular weight excluding hydrogens is 314 g/mol. The normalized spacial score (nSPS) is 21.5. The average Bonchev–Trinajstić information content (AvgIpc) is 2.55. The van der Waals surface area contributed by atoms with Gasteiger partial charge in [-0.15, -0.1) is 0 Å². The number of halogens is 2. The standard InChI is InChI=1S/C19H20F2O3/c1-3-24-18(23)11-17(22)13(2)19(21)10-9-15(16(20)12-19)14-7-5-4-6-8-14/h4-10,13H,3,11-12H2,1-2H3. The first-order chi connectivity index (χ1) is 11.4. The first kappa shape index (κ1) is 18.0. The Balaban J connectivity index is 2.13. The van der Waals surface area contributed by atoms with Crippen LogP contribution in [0.15, 0.2) is 48.3 Å². The molecule has 0 N–H and O–H groups in total. The summed E-state index contributed by atoms with van der Waals surface area (Å²) >= 11 is 0. The molecule has 1 aliphatic carbocycles. The molecule has 0 fully saturated rings. The molecule has 0 spiro atoms. The molecule has 2 unspecified atom stereocenters. The molecule has 0 saturated heterocycles. The molecule has 0 saturated carbocycles. The van der Waals surface area contributed by atoms with E-state index < -0.39 is 42.0 Å². The van der Waals surface area contributed by atoms with Crippen molar-refractivity contribution in [3.63, 3.8) is 0 Å². The molecule has 0 radical (unpaired) electrons. The smallest absolute Gasteiger partial charge is 0.313 e. The van der Waals surface area contributed by atoms with Crippen LogP contribution in [-0.4, -0.2) is 24.0 Å². The first-order valence-electron chi connectivity index (χ1n) is 7.88. The van der Waals surface area contributed by atoms with E-state index in [-0.39, 0.29) is 6.61 Å². The molecule has 24 heavy (non-hydrogen) atoms. The Labute approximate surface area is 140 Å². The van der Waals surface area contributed by atoms with E-state index in [0.29, 0.717) is 11.1 Å². The van der Waals surface area contributed by atoms with Crippen LogP contribution in [0.5, 0.6) is 0 Å². The number of ketones is 1. The van der Waals surface area contributed by atoms with Crippen molar-refractivity contribution in [2.45, 2.75) is 32.4 Å². The van der Waals surface area contributed by atoms with Gasteiger partial charge in [0.25, 0.3) is 0 Å². The van der Waals surface area contributed by atoms with E-state index in [1.54, 1.807) is 31.2 Å². The van der Waals surface area contributed by atoms with Crippen molar-refractivity contribution in [2.24, 2.45) is 5.92 Å². The zero-order valence-electron chi connectivity index (χ0n) is 13.7. The number of alkyl halides is 1. The second-order valence-corrected chi connectivity index (χ2v) is 5.79. The molecule has 1 aliphatic rings. The number of hydrogen-bond acceptors (Lipinski definition) is 3. The topological polar surface area (TPSA) is 43.4 Å². The van der Waals surface area contributed by atoms with Gasteiger partial charge in [0.2, 0.25) is 0 Å². The summed E-state index contributed by atoms with van der Waals surface area (Å²) in [7, 11) is 0. The van der Waals surface area contributed by atoms with Crippen LogP contribution in [0.25, 0.3) is 5.57 Å². The summed E-state index contributed by atoms with van der Waals surface area (Å²) in [4.78, 5) is 23.5. The van der Waals surface area contributed by atoms with E-state index in [9.17, 15) is 14.0 Å². The Bertz CT molecular complexity index is 679. The zero-order valence-corrected chi connectivity index (χ0v) is 13.7. The Morgan fingerprint density at radius 2 is 1.96 bits per heavy atom. The highest BCUT2D eigenvalue weighted by atomic mass is 19.1. The highest BCUT2D eigenvalue weighted by Crippen LogP contribution is 2.40. The van der Waals surface area contributed by atoms with E-state index in [1.165, 1.54) is 19.1 Å². The van der Waals surface area contributed by atoms with Crippen LogP contribution in [0.2, 0.25) is 0 Å². The Morgan fingerprint density at radius 3 is 2.54 bits per heavy atom. The molecule has 3 nitrogen and oxygen atoms in total. The van der Waals surface area contributed by atoms with Crippen LogP contribution in [0, 0.1) is 5.92 Å². The molecular formula is C19H20F2O3. The highest BCUT2D eigenvalue weighted by molar-refractivity contribution is 5.97. The van der Waals surface area contributed by atoms with Gasteiger partial charge in [0.05, 0.1) is 12.5 Å². The number of ether oxygens (including phenoxy) is 1. The number of hydrogen-bond donors (Lipinski definition) is 0. The predicted molar refractivity (Wildman–Crippen MR) is 87.5 cm³/mol. The molecule has 2 rings (SSSR count). The van der Waals surface area contributed by atoms with Crippen molar-refractivity contribution >= 4 is 17.3 Å². The van der Waals surface area contributed by atoms with Gasteiger partial charge in [-0.2, -0.15) is 0 Å². The Kier molecular flexibility index (Phi) is 5.65. The number of benzene rings is 1. The van der Waals surface area contributed by atoms with E-state index in [2.05, 4.69) is 0 Å². The van der Waals surface area contributed by atoms with E-state index in [4.69, 9.17) is 4.74 Å². The van der Waals surface area contributed by atoms with Crippen molar-refractivity contribution in [2.75, 3.05) is 6.61 Å². The van der Waals surface area contributed by atoms with E-state index in [1.807, 2.05) is 6.07 Å². The van der Waals surface area contributed by atoms with Crippen LogP contribution in [0.4, 0.5) is 8.78 Å². The maximum Gasteiger partial charge on any atom is 0.313 e. The summed E-state index contributed by atoms with van der Waals surface area (Å²) in [6.45, 7) is 3.14. The number of Topliss-reactive ketones (excluding diaryl/α,β-unsaturated/α-hetero) is 1. The summed E-state index contributed by atoms with van der Waals surface area (Å²) in [5, 5.41) is 0. The largest absolute Gasteiger partial charge is 0.466 e. The summed E-state index contributed by atoms with van der Waals surface area (Å²) in [5.74, 6) is -3.04. The fourth-order valence-electron chi connectivity index (χ4n) is 2.65. The monoisotopic (exact) mass is 334 g/mol. The van der Waals surface area contributed by atoms with Gasteiger partial charge < -0.3 is 4.74 Å². The molecule has 0 aromatic heterocycles. The summed E-state index contributed by atoms with van der Waals surface area (Å²) in [6.07, 6.45) is 1.54. The van der Waals surface area contributed by atoms with Crippen molar-refractivity contribution in [1.82, 2.24) is 0 Å². The van der Waals surface area contributed by atoms with Crippen molar-refractivity contribution in [3.05, 3.63) is 53.9 Å². The summed E-state index contributed by atoms with van der Waals surface area (Å²) < 4.78 is 34.2. The van der Waals surface area contributed by atoms with E-state index in [0.717, 1.165) is 0 Å². The second-order valence-electron chi connectivity index (χ2n) is 5.79. The van der Waals surface area contributed by atoms with Gasteiger partial charge >= 0.3 is 5.97 Å². The molecule has 1 aromatic carbocycles. The lowest BCUT2D eigenvalue weighted by molar-refractivity contribution is -0.147. The third kappa shape index (κ3) is 3.96. The van der Waals surface area contributed by atoms with E-state index >= 15 is 4.39 Å². The fraction of sp³-hybridized carbons (Fsp3) is 0.368. The van der Waals surface area contributed by atoms with Crippen LogP contribution in [0.1, 0.15) is 32.3 Å². The van der Waals surface area contributed by atoms with Crippen molar-refractivity contribution in [1.29, 1.82) is 0 Å². The van der Waals surface area contributed by atoms with Gasteiger partial charge in [0, 0.05) is 12.0 Å². The summed E-state index contributed by atoms with van der Waals surface area (Å²) in [5.41, 5.74) is -1.18.